The second kappa shape index (κ2) is 5.73. The topological polar surface area (TPSA) is 37.3 Å². The average Bonchev–Trinajstić information content (AvgIpc) is 2.47. The Morgan fingerprint density at radius 2 is 1.21 bits per heavy atom. The summed E-state index contributed by atoms with van der Waals surface area (Å²) in [6, 6.07) is 18.9. The Kier molecular flexibility index (Phi) is 4.24. The summed E-state index contributed by atoms with van der Waals surface area (Å²) in [5.41, 5.74) is -0.308. The molecule has 0 saturated heterocycles. The number of rotatable bonds is 4. The SMILES string of the molecule is C[C@H](O)[C@@H](C)P(=O)(c1ccccc1)c1ccccc1. The molecule has 0 fully saturated rings. The van der Waals surface area contributed by atoms with Gasteiger partial charge in [-0.05, 0) is 6.92 Å². The molecule has 2 aromatic carbocycles. The van der Waals surface area contributed by atoms with Crippen LogP contribution in [0.1, 0.15) is 13.8 Å². The highest BCUT2D eigenvalue weighted by Gasteiger charge is 2.36. The van der Waals surface area contributed by atoms with Crippen LogP contribution >= 0.6 is 7.14 Å². The number of hydrogen-bond donors (Lipinski definition) is 1. The minimum Gasteiger partial charge on any atom is -0.393 e. The predicted octanol–water partition coefficient (Wildman–Crippen LogP) is 2.77. The molecule has 0 spiro atoms. The maximum Gasteiger partial charge on any atom is 0.148 e. The number of aliphatic hydroxyl groups excluding tert-OH is 1. The van der Waals surface area contributed by atoms with Gasteiger partial charge in [0.1, 0.15) is 7.14 Å². The van der Waals surface area contributed by atoms with Crippen LogP contribution < -0.4 is 10.6 Å². The van der Waals surface area contributed by atoms with Gasteiger partial charge in [0.15, 0.2) is 0 Å². The zero-order valence-electron chi connectivity index (χ0n) is 11.2. The van der Waals surface area contributed by atoms with E-state index in [4.69, 9.17) is 0 Å². The summed E-state index contributed by atoms with van der Waals surface area (Å²) < 4.78 is 13.6. The zero-order chi connectivity index (χ0) is 13.9. The van der Waals surface area contributed by atoms with Gasteiger partial charge in [0, 0.05) is 16.3 Å². The molecule has 100 valence electrons. The predicted molar refractivity (Wildman–Crippen MR) is 80.9 cm³/mol. The Morgan fingerprint density at radius 1 is 0.842 bits per heavy atom. The third-order valence-corrected chi connectivity index (χ3v) is 7.26. The molecule has 0 aliphatic heterocycles. The molecule has 0 saturated carbocycles. The molecule has 19 heavy (non-hydrogen) atoms. The lowest BCUT2D eigenvalue weighted by Crippen LogP contribution is -2.30. The summed E-state index contributed by atoms with van der Waals surface area (Å²) >= 11 is 0. The Balaban J connectivity index is 2.61. The average molecular weight is 274 g/mol. The van der Waals surface area contributed by atoms with Gasteiger partial charge in [-0.3, -0.25) is 0 Å². The van der Waals surface area contributed by atoms with Gasteiger partial charge in [-0.1, -0.05) is 67.6 Å². The van der Waals surface area contributed by atoms with Crippen LogP contribution in [0.25, 0.3) is 0 Å². The van der Waals surface area contributed by atoms with Crippen LogP contribution in [-0.2, 0) is 4.57 Å². The van der Waals surface area contributed by atoms with Gasteiger partial charge in [0.2, 0.25) is 0 Å². The Hall–Kier alpha value is -1.37. The first-order valence-corrected chi connectivity index (χ1v) is 8.23. The monoisotopic (exact) mass is 274 g/mol. The molecular formula is C16H19O2P. The molecule has 0 unspecified atom stereocenters. The summed E-state index contributed by atoms with van der Waals surface area (Å²) in [4.78, 5) is 0. The molecule has 3 heteroatoms. The summed E-state index contributed by atoms with van der Waals surface area (Å²) in [7, 11) is -2.82. The molecule has 0 radical (unpaired) electrons. The second-order valence-electron chi connectivity index (χ2n) is 4.81. The third kappa shape index (κ3) is 2.65. The molecule has 2 aromatic rings. The van der Waals surface area contributed by atoms with Crippen molar-refractivity contribution in [3.63, 3.8) is 0 Å². The van der Waals surface area contributed by atoms with Crippen LogP contribution in [0.3, 0.4) is 0 Å². The van der Waals surface area contributed by atoms with E-state index in [0.717, 1.165) is 10.6 Å². The maximum atomic E-state index is 13.6. The van der Waals surface area contributed by atoms with Gasteiger partial charge in [-0.15, -0.1) is 0 Å². The maximum absolute atomic E-state index is 13.6. The van der Waals surface area contributed by atoms with E-state index >= 15 is 0 Å². The lowest BCUT2D eigenvalue weighted by atomic mass is 10.3. The summed E-state index contributed by atoms with van der Waals surface area (Å²) in [5.74, 6) is 0. The Bertz CT molecular complexity index is 520. The molecule has 0 aliphatic carbocycles. The number of aliphatic hydroxyl groups is 1. The van der Waals surface area contributed by atoms with Crippen LogP contribution in [0, 0.1) is 0 Å². The summed E-state index contributed by atoms with van der Waals surface area (Å²) in [6.07, 6.45) is -0.619. The van der Waals surface area contributed by atoms with Crippen molar-refractivity contribution >= 4 is 17.8 Å². The van der Waals surface area contributed by atoms with E-state index in [9.17, 15) is 9.67 Å². The van der Waals surface area contributed by atoms with Crippen molar-refractivity contribution in [1.82, 2.24) is 0 Å². The molecule has 0 heterocycles. The number of benzene rings is 2. The van der Waals surface area contributed by atoms with Crippen molar-refractivity contribution in [2.75, 3.05) is 0 Å². The van der Waals surface area contributed by atoms with Crippen LogP contribution in [-0.4, -0.2) is 16.9 Å². The van der Waals surface area contributed by atoms with Crippen molar-refractivity contribution < 1.29 is 9.67 Å². The van der Waals surface area contributed by atoms with E-state index in [-0.39, 0.29) is 5.66 Å². The van der Waals surface area contributed by atoms with Gasteiger partial charge in [-0.25, -0.2) is 0 Å². The van der Waals surface area contributed by atoms with Gasteiger partial charge in [0.25, 0.3) is 0 Å². The highest BCUT2D eigenvalue weighted by atomic mass is 31.2. The smallest absolute Gasteiger partial charge is 0.148 e. The fourth-order valence-electron chi connectivity index (χ4n) is 2.22. The first-order valence-electron chi connectivity index (χ1n) is 6.46. The molecule has 0 aromatic heterocycles. The van der Waals surface area contributed by atoms with Crippen LogP contribution in [0.2, 0.25) is 0 Å². The van der Waals surface area contributed by atoms with Crippen LogP contribution in [0.4, 0.5) is 0 Å². The molecule has 2 atom stereocenters. The van der Waals surface area contributed by atoms with E-state index in [1.165, 1.54) is 0 Å². The van der Waals surface area contributed by atoms with Crippen molar-refractivity contribution in [2.24, 2.45) is 0 Å². The van der Waals surface area contributed by atoms with E-state index in [1.54, 1.807) is 6.92 Å². The number of hydrogen-bond acceptors (Lipinski definition) is 2. The molecule has 0 aliphatic rings. The fraction of sp³-hybridized carbons (Fsp3) is 0.250. The minimum atomic E-state index is -2.82. The normalized spacial score (nSPS) is 14.9. The van der Waals surface area contributed by atoms with Crippen molar-refractivity contribution in [2.45, 2.75) is 25.6 Å². The van der Waals surface area contributed by atoms with E-state index < -0.39 is 13.2 Å². The standard InChI is InChI=1S/C16H19O2P/c1-13(17)14(2)19(18,15-9-5-3-6-10-15)16-11-7-4-8-12-16/h3-14,17H,1-2H3/t13-,14+/m0/s1. The summed E-state index contributed by atoms with van der Waals surface area (Å²) in [6.45, 7) is 3.55. The Morgan fingerprint density at radius 3 is 1.53 bits per heavy atom. The van der Waals surface area contributed by atoms with E-state index in [2.05, 4.69) is 0 Å². The third-order valence-electron chi connectivity index (χ3n) is 3.55. The highest BCUT2D eigenvalue weighted by molar-refractivity contribution is 7.79. The second-order valence-corrected chi connectivity index (χ2v) is 7.97. The lowest BCUT2D eigenvalue weighted by Gasteiger charge is -2.27. The van der Waals surface area contributed by atoms with Crippen molar-refractivity contribution in [3.05, 3.63) is 60.7 Å². The molecule has 2 nitrogen and oxygen atoms in total. The van der Waals surface area contributed by atoms with Crippen molar-refractivity contribution in [3.8, 4) is 0 Å². The van der Waals surface area contributed by atoms with E-state index in [0.29, 0.717) is 0 Å². The van der Waals surface area contributed by atoms with Crippen LogP contribution in [0.5, 0.6) is 0 Å². The molecule has 0 bridgehead atoms. The molecule has 2 rings (SSSR count). The molecular weight excluding hydrogens is 255 g/mol. The summed E-state index contributed by atoms with van der Waals surface area (Å²) in [5, 5.41) is 11.5. The zero-order valence-corrected chi connectivity index (χ0v) is 12.1. The first kappa shape index (κ1) is 14.0. The lowest BCUT2D eigenvalue weighted by molar-refractivity contribution is 0.193. The van der Waals surface area contributed by atoms with Crippen LogP contribution in [0.15, 0.2) is 60.7 Å². The largest absolute Gasteiger partial charge is 0.393 e. The van der Waals surface area contributed by atoms with Gasteiger partial charge in [0.05, 0.1) is 6.10 Å². The Labute approximate surface area is 114 Å². The minimum absolute atomic E-state index is 0.308. The van der Waals surface area contributed by atoms with Gasteiger partial charge < -0.3 is 9.67 Å². The highest BCUT2D eigenvalue weighted by Crippen LogP contribution is 2.49. The first-order chi connectivity index (χ1) is 9.06. The van der Waals surface area contributed by atoms with Gasteiger partial charge in [-0.2, -0.15) is 0 Å². The molecule has 1 N–H and O–H groups in total. The van der Waals surface area contributed by atoms with E-state index in [1.807, 2.05) is 67.6 Å². The fourth-order valence-corrected chi connectivity index (χ4v) is 5.30. The van der Waals surface area contributed by atoms with Gasteiger partial charge >= 0.3 is 0 Å². The molecule has 0 amide bonds. The quantitative estimate of drug-likeness (QED) is 0.870. The van der Waals surface area contributed by atoms with Crippen molar-refractivity contribution in [1.29, 1.82) is 0 Å².